The summed E-state index contributed by atoms with van der Waals surface area (Å²) >= 11 is 0. The van der Waals surface area contributed by atoms with Crippen LogP contribution in [0, 0.1) is 5.41 Å². The molecule has 1 fully saturated rings. The first-order valence-electron chi connectivity index (χ1n) is 7.56. The van der Waals surface area contributed by atoms with Gasteiger partial charge in [0.05, 0.1) is 0 Å². The van der Waals surface area contributed by atoms with Crippen LogP contribution in [0.2, 0.25) is 0 Å². The van der Waals surface area contributed by atoms with Crippen molar-refractivity contribution in [2.24, 2.45) is 5.41 Å². The van der Waals surface area contributed by atoms with Gasteiger partial charge in [0.25, 0.3) is 5.56 Å². The summed E-state index contributed by atoms with van der Waals surface area (Å²) in [6.07, 6.45) is 2.15. The van der Waals surface area contributed by atoms with Crippen LogP contribution in [-0.4, -0.2) is 24.7 Å². The van der Waals surface area contributed by atoms with Crippen LogP contribution in [-0.2, 0) is 11.3 Å². The fraction of sp³-hybridized carbons (Fsp3) is 0.471. The lowest BCUT2D eigenvalue weighted by Gasteiger charge is -2.33. The average Bonchev–Trinajstić information content (AvgIpc) is 2.48. The van der Waals surface area contributed by atoms with Crippen LogP contribution in [0.3, 0.4) is 0 Å². The normalized spacial score (nSPS) is 18.0. The van der Waals surface area contributed by atoms with E-state index in [-0.39, 0.29) is 11.0 Å². The van der Waals surface area contributed by atoms with E-state index in [1.165, 1.54) is 0 Å². The molecule has 0 atom stereocenters. The van der Waals surface area contributed by atoms with Gasteiger partial charge in [-0.1, -0.05) is 25.1 Å². The van der Waals surface area contributed by atoms with Crippen molar-refractivity contribution in [3.05, 3.63) is 46.2 Å². The Kier molecular flexibility index (Phi) is 4.08. The Balaban J connectivity index is 1.67. The largest absolute Gasteiger partial charge is 0.381 e. The molecule has 0 bridgehead atoms. The summed E-state index contributed by atoms with van der Waals surface area (Å²) in [5.41, 5.74) is 1.97. The third-order valence-corrected chi connectivity index (χ3v) is 4.40. The molecule has 1 saturated heterocycles. The molecule has 1 aromatic carbocycles. The summed E-state index contributed by atoms with van der Waals surface area (Å²) < 4.78 is 5.41. The van der Waals surface area contributed by atoms with Gasteiger partial charge in [0.15, 0.2) is 0 Å². The van der Waals surface area contributed by atoms with Crippen LogP contribution in [0.1, 0.15) is 25.3 Å². The van der Waals surface area contributed by atoms with E-state index in [0.717, 1.165) is 49.1 Å². The van der Waals surface area contributed by atoms with Gasteiger partial charge in [-0.15, -0.1) is 0 Å². The van der Waals surface area contributed by atoms with Crippen LogP contribution in [0.4, 0.5) is 0 Å². The van der Waals surface area contributed by atoms with E-state index in [2.05, 4.69) is 17.2 Å². The summed E-state index contributed by atoms with van der Waals surface area (Å²) in [6.45, 7) is 5.50. The first kappa shape index (κ1) is 14.3. The SMILES string of the molecule is CC1(CNCc2cc3ccccc3[nH]c2=O)CCOCC1. The van der Waals surface area contributed by atoms with Crippen molar-refractivity contribution in [1.82, 2.24) is 10.3 Å². The molecular weight excluding hydrogens is 264 g/mol. The lowest BCUT2D eigenvalue weighted by atomic mass is 9.82. The van der Waals surface area contributed by atoms with E-state index < -0.39 is 0 Å². The minimum Gasteiger partial charge on any atom is -0.381 e. The number of rotatable bonds is 4. The number of H-pyrrole nitrogens is 1. The van der Waals surface area contributed by atoms with Crippen LogP contribution >= 0.6 is 0 Å². The number of aromatic amines is 1. The standard InChI is InChI=1S/C17H22N2O2/c1-17(6-8-21-9-7-17)12-18-11-14-10-13-4-2-3-5-15(13)19-16(14)20/h2-5,10,18H,6-9,11-12H2,1H3,(H,19,20). The molecule has 2 heterocycles. The Morgan fingerprint density at radius 3 is 2.86 bits per heavy atom. The van der Waals surface area contributed by atoms with Crippen molar-refractivity contribution in [3.63, 3.8) is 0 Å². The van der Waals surface area contributed by atoms with Gasteiger partial charge in [-0.3, -0.25) is 4.79 Å². The zero-order chi connectivity index (χ0) is 14.7. The first-order valence-corrected chi connectivity index (χ1v) is 7.56. The number of hydrogen-bond donors (Lipinski definition) is 2. The Morgan fingerprint density at radius 1 is 1.29 bits per heavy atom. The molecule has 3 rings (SSSR count). The number of nitrogens with one attached hydrogen (secondary N) is 2. The maximum absolute atomic E-state index is 12.1. The smallest absolute Gasteiger partial charge is 0.252 e. The van der Waals surface area contributed by atoms with Crippen molar-refractivity contribution in [1.29, 1.82) is 0 Å². The van der Waals surface area contributed by atoms with Gasteiger partial charge in [-0.05, 0) is 35.8 Å². The van der Waals surface area contributed by atoms with E-state index in [1.54, 1.807) is 0 Å². The highest BCUT2D eigenvalue weighted by atomic mass is 16.5. The number of pyridine rings is 1. The Hall–Kier alpha value is -1.65. The molecule has 0 aliphatic carbocycles. The average molecular weight is 286 g/mol. The second-order valence-corrected chi connectivity index (χ2v) is 6.24. The summed E-state index contributed by atoms with van der Waals surface area (Å²) in [6, 6.07) is 9.85. The Bertz CT molecular complexity index is 672. The van der Waals surface area contributed by atoms with E-state index in [0.29, 0.717) is 6.54 Å². The second kappa shape index (κ2) is 6.00. The van der Waals surface area contributed by atoms with E-state index in [9.17, 15) is 4.79 Å². The number of hydrogen-bond acceptors (Lipinski definition) is 3. The van der Waals surface area contributed by atoms with Crippen LogP contribution in [0.5, 0.6) is 0 Å². The van der Waals surface area contributed by atoms with E-state index >= 15 is 0 Å². The fourth-order valence-corrected chi connectivity index (χ4v) is 2.86. The zero-order valence-electron chi connectivity index (χ0n) is 12.4. The number of benzene rings is 1. The molecule has 1 aliphatic heterocycles. The molecule has 4 heteroatoms. The monoisotopic (exact) mass is 286 g/mol. The molecule has 0 radical (unpaired) electrons. The lowest BCUT2D eigenvalue weighted by Crippen LogP contribution is -2.37. The molecule has 2 N–H and O–H groups in total. The maximum atomic E-state index is 12.1. The maximum Gasteiger partial charge on any atom is 0.252 e. The summed E-state index contributed by atoms with van der Waals surface area (Å²) in [7, 11) is 0. The Morgan fingerprint density at radius 2 is 2.05 bits per heavy atom. The van der Waals surface area contributed by atoms with Gasteiger partial charge in [-0.2, -0.15) is 0 Å². The molecule has 0 amide bonds. The van der Waals surface area contributed by atoms with Gasteiger partial charge in [0.1, 0.15) is 0 Å². The quantitative estimate of drug-likeness (QED) is 0.907. The van der Waals surface area contributed by atoms with Gasteiger partial charge >= 0.3 is 0 Å². The summed E-state index contributed by atoms with van der Waals surface area (Å²) in [5.74, 6) is 0. The Labute approximate surface area is 124 Å². The van der Waals surface area contributed by atoms with Crippen molar-refractivity contribution < 1.29 is 4.74 Å². The van der Waals surface area contributed by atoms with Crippen LogP contribution in [0.15, 0.2) is 35.1 Å². The summed E-state index contributed by atoms with van der Waals surface area (Å²) in [4.78, 5) is 15.0. The number of ether oxygens (including phenoxy) is 1. The van der Waals surface area contributed by atoms with E-state index in [1.807, 2.05) is 30.3 Å². The van der Waals surface area contributed by atoms with Crippen molar-refractivity contribution >= 4 is 10.9 Å². The molecule has 112 valence electrons. The van der Waals surface area contributed by atoms with Gasteiger partial charge in [-0.25, -0.2) is 0 Å². The van der Waals surface area contributed by atoms with Crippen LogP contribution in [0.25, 0.3) is 10.9 Å². The molecule has 4 nitrogen and oxygen atoms in total. The molecule has 21 heavy (non-hydrogen) atoms. The second-order valence-electron chi connectivity index (χ2n) is 6.24. The highest BCUT2D eigenvalue weighted by Crippen LogP contribution is 2.28. The van der Waals surface area contributed by atoms with Crippen LogP contribution < -0.4 is 10.9 Å². The third kappa shape index (κ3) is 3.34. The van der Waals surface area contributed by atoms with E-state index in [4.69, 9.17) is 4.74 Å². The molecule has 1 aliphatic rings. The number of para-hydroxylation sites is 1. The zero-order valence-corrected chi connectivity index (χ0v) is 12.4. The molecular formula is C17H22N2O2. The molecule has 0 spiro atoms. The van der Waals surface area contributed by atoms with Gasteiger partial charge < -0.3 is 15.0 Å². The fourth-order valence-electron chi connectivity index (χ4n) is 2.86. The third-order valence-electron chi connectivity index (χ3n) is 4.40. The predicted octanol–water partition coefficient (Wildman–Crippen LogP) is 2.43. The molecule has 1 aromatic heterocycles. The first-order chi connectivity index (χ1) is 10.2. The lowest BCUT2D eigenvalue weighted by molar-refractivity contribution is 0.0240. The highest BCUT2D eigenvalue weighted by molar-refractivity contribution is 5.78. The van der Waals surface area contributed by atoms with Crippen molar-refractivity contribution in [2.45, 2.75) is 26.3 Å². The highest BCUT2D eigenvalue weighted by Gasteiger charge is 2.26. The topological polar surface area (TPSA) is 54.1 Å². The molecule has 0 saturated carbocycles. The molecule has 2 aromatic rings. The minimum absolute atomic E-state index is 0.00155. The number of fused-ring (bicyclic) bond motifs is 1. The minimum atomic E-state index is -0.00155. The summed E-state index contributed by atoms with van der Waals surface area (Å²) in [5, 5.41) is 4.52. The van der Waals surface area contributed by atoms with Crippen molar-refractivity contribution in [2.75, 3.05) is 19.8 Å². The van der Waals surface area contributed by atoms with Gasteiger partial charge in [0, 0.05) is 37.4 Å². The predicted molar refractivity (Wildman–Crippen MR) is 84.4 cm³/mol. The van der Waals surface area contributed by atoms with Crippen molar-refractivity contribution in [3.8, 4) is 0 Å². The number of aromatic nitrogens is 1. The van der Waals surface area contributed by atoms with Gasteiger partial charge in [0.2, 0.25) is 0 Å². The molecule has 0 unspecified atom stereocenters.